The summed E-state index contributed by atoms with van der Waals surface area (Å²) in [6, 6.07) is 7.71. The molecule has 1 aromatic heterocycles. The molecule has 0 unspecified atom stereocenters. The van der Waals surface area contributed by atoms with Gasteiger partial charge in [-0.25, -0.2) is 0 Å². The van der Waals surface area contributed by atoms with Crippen molar-refractivity contribution in [1.82, 2.24) is 4.98 Å². The number of hydrogen-bond donors (Lipinski definition) is 2. The molecule has 3 rings (SSSR count). The molecule has 3 aromatic rings. The van der Waals surface area contributed by atoms with Gasteiger partial charge in [0.15, 0.2) is 12.3 Å². The van der Waals surface area contributed by atoms with Crippen LogP contribution in [0.3, 0.4) is 0 Å². The van der Waals surface area contributed by atoms with Crippen LogP contribution in [0.1, 0.15) is 11.1 Å². The highest BCUT2D eigenvalue weighted by Crippen LogP contribution is 2.37. The number of nitrogens with one attached hydrogen (secondary N) is 1. The van der Waals surface area contributed by atoms with Gasteiger partial charge in [0.25, 0.3) is 5.69 Å². The number of nitro groups is 1. The zero-order valence-corrected chi connectivity index (χ0v) is 16.5. The third-order valence-electron chi connectivity index (χ3n) is 3.97. The van der Waals surface area contributed by atoms with Crippen molar-refractivity contribution in [1.29, 1.82) is 0 Å². The number of carbonyl (C=O) groups is 1. The number of aromatic amines is 1. The Kier molecular flexibility index (Phi) is 5.41. The van der Waals surface area contributed by atoms with Crippen molar-refractivity contribution in [3.05, 3.63) is 56.0 Å². The van der Waals surface area contributed by atoms with Gasteiger partial charge in [0, 0.05) is 22.0 Å². The van der Waals surface area contributed by atoms with Crippen molar-refractivity contribution in [2.45, 2.75) is 13.8 Å². The fourth-order valence-corrected chi connectivity index (χ4v) is 3.45. The molecule has 0 aliphatic rings. The number of aryl methyl sites for hydroxylation is 2. The third kappa shape index (κ3) is 4.01. The van der Waals surface area contributed by atoms with Crippen LogP contribution in [0.5, 0.6) is 11.6 Å². The summed E-state index contributed by atoms with van der Waals surface area (Å²) in [6.45, 7) is 3.38. The van der Waals surface area contributed by atoms with E-state index < -0.39 is 10.8 Å². The van der Waals surface area contributed by atoms with Gasteiger partial charge in [0.2, 0.25) is 5.88 Å². The van der Waals surface area contributed by atoms with Crippen molar-refractivity contribution in [3.63, 3.8) is 0 Å². The fourth-order valence-electron chi connectivity index (χ4n) is 2.76. The molecule has 0 fully saturated rings. The standard InChI is InChI=1S/C18H15BrN4O5/c1-9-5-11(19)6-10(2)17(9)28-8-15(24)21-22-16-13-7-12(23(26)27)3-4-14(13)20-18(16)25/h3-7,20,25H,8H2,1-2H3. The van der Waals surface area contributed by atoms with Gasteiger partial charge in [0.05, 0.1) is 10.4 Å². The van der Waals surface area contributed by atoms with E-state index in [1.54, 1.807) is 0 Å². The van der Waals surface area contributed by atoms with Gasteiger partial charge in [-0.15, -0.1) is 10.2 Å². The predicted octanol–water partition coefficient (Wildman–Crippen LogP) is 4.85. The summed E-state index contributed by atoms with van der Waals surface area (Å²) in [6.07, 6.45) is 0. The highest BCUT2D eigenvalue weighted by atomic mass is 79.9. The monoisotopic (exact) mass is 446 g/mol. The number of hydrogen-bond acceptors (Lipinski definition) is 6. The average Bonchev–Trinajstić information content (AvgIpc) is 2.93. The molecule has 1 heterocycles. The minimum Gasteiger partial charge on any atom is -0.493 e. The summed E-state index contributed by atoms with van der Waals surface area (Å²) in [5.41, 5.74) is 1.93. The molecule has 0 saturated carbocycles. The number of fused-ring (bicyclic) bond motifs is 1. The van der Waals surface area contributed by atoms with Gasteiger partial charge >= 0.3 is 5.91 Å². The van der Waals surface area contributed by atoms with Crippen molar-refractivity contribution >= 4 is 44.1 Å². The first-order valence-electron chi connectivity index (χ1n) is 8.09. The molecule has 2 aromatic carbocycles. The largest absolute Gasteiger partial charge is 0.493 e. The molecule has 0 bridgehead atoms. The van der Waals surface area contributed by atoms with E-state index in [1.807, 2.05) is 26.0 Å². The molecule has 2 N–H and O–H groups in total. The van der Waals surface area contributed by atoms with E-state index in [-0.39, 0.29) is 29.2 Å². The van der Waals surface area contributed by atoms with E-state index in [4.69, 9.17) is 4.74 Å². The van der Waals surface area contributed by atoms with Crippen LogP contribution in [0.4, 0.5) is 11.4 Å². The number of carbonyl (C=O) groups excluding carboxylic acids is 1. The van der Waals surface area contributed by atoms with Crippen LogP contribution in [0.2, 0.25) is 0 Å². The number of halogens is 1. The van der Waals surface area contributed by atoms with Gasteiger partial charge in [-0.3, -0.25) is 14.9 Å². The minimum absolute atomic E-state index is 0.0527. The van der Waals surface area contributed by atoms with Gasteiger partial charge in [-0.05, 0) is 43.2 Å². The van der Waals surface area contributed by atoms with E-state index in [1.165, 1.54) is 18.2 Å². The zero-order valence-electron chi connectivity index (χ0n) is 14.9. The number of azo groups is 1. The van der Waals surface area contributed by atoms with Crippen LogP contribution >= 0.6 is 15.9 Å². The van der Waals surface area contributed by atoms with Crippen LogP contribution in [-0.4, -0.2) is 27.5 Å². The number of nitrogens with zero attached hydrogens (tertiary/aromatic N) is 3. The Balaban J connectivity index is 1.78. The Labute approximate surface area is 167 Å². The molecule has 0 atom stereocenters. The maximum Gasteiger partial charge on any atom is 0.302 e. The number of H-pyrrole nitrogens is 1. The third-order valence-corrected chi connectivity index (χ3v) is 4.43. The van der Waals surface area contributed by atoms with Gasteiger partial charge in [-0.1, -0.05) is 15.9 Å². The number of aromatic nitrogens is 1. The number of nitro benzene ring substituents is 1. The van der Waals surface area contributed by atoms with Crippen molar-refractivity contribution in [2.24, 2.45) is 10.2 Å². The van der Waals surface area contributed by atoms with Crippen LogP contribution in [0, 0.1) is 24.0 Å². The molecule has 0 spiro atoms. The van der Waals surface area contributed by atoms with Gasteiger partial charge in [0.1, 0.15) is 5.75 Å². The van der Waals surface area contributed by atoms with E-state index >= 15 is 0 Å². The second kappa shape index (κ2) is 7.77. The summed E-state index contributed by atoms with van der Waals surface area (Å²) in [7, 11) is 0. The van der Waals surface area contributed by atoms with Crippen LogP contribution < -0.4 is 4.74 Å². The van der Waals surface area contributed by atoms with Gasteiger partial charge < -0.3 is 14.8 Å². The molecule has 144 valence electrons. The van der Waals surface area contributed by atoms with Crippen molar-refractivity contribution in [2.75, 3.05) is 6.61 Å². The normalized spacial score (nSPS) is 11.2. The van der Waals surface area contributed by atoms with E-state index in [2.05, 4.69) is 31.1 Å². The second-order valence-corrected chi connectivity index (χ2v) is 6.98. The van der Waals surface area contributed by atoms with E-state index in [0.29, 0.717) is 11.3 Å². The molecular formula is C18H15BrN4O5. The highest BCUT2D eigenvalue weighted by Gasteiger charge is 2.15. The molecule has 9 nitrogen and oxygen atoms in total. The number of benzene rings is 2. The highest BCUT2D eigenvalue weighted by molar-refractivity contribution is 9.10. The summed E-state index contributed by atoms with van der Waals surface area (Å²) < 4.78 is 6.45. The summed E-state index contributed by atoms with van der Waals surface area (Å²) in [5.74, 6) is -0.425. The van der Waals surface area contributed by atoms with Crippen molar-refractivity contribution < 1.29 is 19.6 Å². The van der Waals surface area contributed by atoms with E-state index in [0.717, 1.165) is 15.6 Å². The Hall–Kier alpha value is -3.27. The fraction of sp³-hybridized carbons (Fsp3) is 0.167. The molecule has 1 amide bonds. The Morgan fingerprint density at radius 3 is 2.61 bits per heavy atom. The molecule has 0 radical (unpaired) electrons. The lowest BCUT2D eigenvalue weighted by Crippen LogP contribution is -2.09. The molecular weight excluding hydrogens is 432 g/mol. The Bertz CT molecular complexity index is 1100. The lowest BCUT2D eigenvalue weighted by Gasteiger charge is -2.10. The average molecular weight is 447 g/mol. The molecule has 0 saturated heterocycles. The van der Waals surface area contributed by atoms with E-state index in [9.17, 15) is 20.0 Å². The first-order valence-corrected chi connectivity index (χ1v) is 8.88. The number of non-ortho nitro benzene ring substituents is 1. The summed E-state index contributed by atoms with van der Waals surface area (Å²) in [4.78, 5) is 25.0. The lowest BCUT2D eigenvalue weighted by atomic mass is 10.1. The topological polar surface area (TPSA) is 130 Å². The number of rotatable bonds is 5. The molecule has 28 heavy (non-hydrogen) atoms. The maximum absolute atomic E-state index is 12.0. The predicted molar refractivity (Wildman–Crippen MR) is 105 cm³/mol. The number of aromatic hydroxyl groups is 1. The first-order chi connectivity index (χ1) is 13.3. The number of ether oxygens (including phenoxy) is 1. The van der Waals surface area contributed by atoms with Crippen LogP contribution in [-0.2, 0) is 4.79 Å². The maximum atomic E-state index is 12.0. The lowest BCUT2D eigenvalue weighted by molar-refractivity contribution is -0.384. The summed E-state index contributed by atoms with van der Waals surface area (Å²) in [5, 5.41) is 28.5. The molecule has 0 aliphatic heterocycles. The molecule has 0 aliphatic carbocycles. The number of amides is 1. The summed E-state index contributed by atoms with van der Waals surface area (Å²) >= 11 is 3.39. The Morgan fingerprint density at radius 1 is 1.29 bits per heavy atom. The van der Waals surface area contributed by atoms with Crippen LogP contribution in [0.25, 0.3) is 10.9 Å². The second-order valence-electron chi connectivity index (χ2n) is 6.06. The zero-order chi connectivity index (χ0) is 20.4. The smallest absolute Gasteiger partial charge is 0.302 e. The SMILES string of the molecule is Cc1cc(Br)cc(C)c1OCC(=O)N=Nc1c(O)[nH]c2ccc([N+](=O)[O-])cc12. The molecule has 10 heteroatoms. The van der Waals surface area contributed by atoms with Gasteiger partial charge in [-0.2, -0.15) is 0 Å². The van der Waals surface area contributed by atoms with Crippen LogP contribution in [0.15, 0.2) is 45.0 Å². The quantitative estimate of drug-likeness (QED) is 0.328. The first kappa shape index (κ1) is 19.5. The van der Waals surface area contributed by atoms with Crippen molar-refractivity contribution in [3.8, 4) is 11.6 Å². The Morgan fingerprint density at radius 2 is 1.96 bits per heavy atom. The minimum atomic E-state index is -0.666.